The largest absolute Gasteiger partial charge is 0.270 e. The average molecular weight is 378 g/mol. The first kappa shape index (κ1) is 17.1. The molecule has 24 heavy (non-hydrogen) atoms. The fourth-order valence-electron chi connectivity index (χ4n) is 2.51. The highest BCUT2D eigenvalue weighted by molar-refractivity contribution is 8.27. The van der Waals surface area contributed by atoms with Crippen LogP contribution in [0.15, 0.2) is 41.3 Å². The molecule has 122 valence electrons. The molecule has 0 unspecified atom stereocenters. The molecule has 6 heteroatoms. The third-order valence-electron chi connectivity index (χ3n) is 3.66. The van der Waals surface area contributed by atoms with Crippen LogP contribution in [0.5, 0.6) is 0 Å². The third kappa shape index (κ3) is 3.11. The van der Waals surface area contributed by atoms with Crippen LogP contribution in [0.2, 0.25) is 5.02 Å². The van der Waals surface area contributed by atoms with E-state index in [1.54, 1.807) is 6.07 Å². The molecule has 1 heterocycles. The molecule has 0 aliphatic carbocycles. The number of rotatable bonds is 2. The van der Waals surface area contributed by atoms with E-state index in [0.717, 1.165) is 28.6 Å². The summed E-state index contributed by atoms with van der Waals surface area (Å²) >= 11 is 12.5. The normalized spacial score (nSPS) is 16.3. The second kappa shape index (κ2) is 6.67. The summed E-state index contributed by atoms with van der Waals surface area (Å²) in [6, 6.07) is 10.2. The number of anilines is 1. The molecule has 2 nitrogen and oxygen atoms in total. The summed E-state index contributed by atoms with van der Waals surface area (Å²) in [5.74, 6) is -0.740. The van der Waals surface area contributed by atoms with Crippen LogP contribution in [-0.4, -0.2) is 10.2 Å². The predicted octanol–water partition coefficient (Wildman–Crippen LogP) is 5.50. The molecule has 0 atom stereocenters. The van der Waals surface area contributed by atoms with Gasteiger partial charge in [0.05, 0.1) is 15.6 Å². The molecule has 1 saturated heterocycles. The number of halogens is 2. The van der Waals surface area contributed by atoms with E-state index in [4.69, 9.17) is 23.8 Å². The molecule has 0 radical (unpaired) electrons. The van der Waals surface area contributed by atoms with Crippen molar-refractivity contribution < 1.29 is 9.18 Å². The van der Waals surface area contributed by atoms with Gasteiger partial charge in [-0.05, 0) is 43.7 Å². The van der Waals surface area contributed by atoms with Crippen LogP contribution in [0.25, 0.3) is 6.08 Å². The van der Waals surface area contributed by atoms with E-state index < -0.39 is 5.82 Å². The molecule has 2 aromatic rings. The first-order valence-electron chi connectivity index (χ1n) is 7.17. The van der Waals surface area contributed by atoms with Crippen LogP contribution in [0.3, 0.4) is 0 Å². The van der Waals surface area contributed by atoms with Gasteiger partial charge in [0.2, 0.25) is 0 Å². The molecular weight excluding hydrogens is 365 g/mol. The minimum absolute atomic E-state index is 0.195. The highest BCUT2D eigenvalue weighted by Crippen LogP contribution is 2.38. The van der Waals surface area contributed by atoms with Gasteiger partial charge in [0.15, 0.2) is 4.32 Å². The lowest BCUT2D eigenvalue weighted by Crippen LogP contribution is -2.28. The van der Waals surface area contributed by atoms with Crippen molar-refractivity contribution in [1.82, 2.24) is 0 Å². The number of amides is 1. The van der Waals surface area contributed by atoms with E-state index in [0.29, 0.717) is 9.23 Å². The number of hydrogen-bond donors (Lipinski definition) is 0. The molecular formula is C18H13ClFNOS2. The van der Waals surface area contributed by atoms with Crippen LogP contribution >= 0.6 is 35.6 Å². The Balaban J connectivity index is 2.02. The van der Waals surface area contributed by atoms with Gasteiger partial charge in [0.25, 0.3) is 5.91 Å². The van der Waals surface area contributed by atoms with E-state index in [2.05, 4.69) is 0 Å². The molecule has 0 saturated carbocycles. The van der Waals surface area contributed by atoms with Crippen molar-refractivity contribution in [2.75, 3.05) is 4.90 Å². The van der Waals surface area contributed by atoms with Gasteiger partial charge in [-0.3, -0.25) is 9.69 Å². The maximum absolute atomic E-state index is 14.0. The van der Waals surface area contributed by atoms with E-state index in [9.17, 15) is 9.18 Å². The molecule has 3 rings (SSSR count). The maximum atomic E-state index is 14.0. The highest BCUT2D eigenvalue weighted by Gasteiger charge is 2.34. The predicted molar refractivity (Wildman–Crippen MR) is 103 cm³/mol. The molecule has 2 aromatic carbocycles. The maximum Gasteiger partial charge on any atom is 0.270 e. The molecule has 1 aliphatic rings. The minimum Gasteiger partial charge on any atom is -0.268 e. The van der Waals surface area contributed by atoms with Crippen molar-refractivity contribution in [2.45, 2.75) is 13.8 Å². The monoisotopic (exact) mass is 377 g/mol. The first-order valence-corrected chi connectivity index (χ1v) is 8.78. The van der Waals surface area contributed by atoms with Gasteiger partial charge in [-0.1, -0.05) is 59.3 Å². The van der Waals surface area contributed by atoms with E-state index in [-0.39, 0.29) is 16.5 Å². The molecule has 0 aromatic heterocycles. The van der Waals surface area contributed by atoms with Crippen LogP contribution < -0.4 is 4.90 Å². The molecule has 1 fully saturated rings. The second-order valence-electron chi connectivity index (χ2n) is 5.44. The second-order valence-corrected chi connectivity index (χ2v) is 7.53. The van der Waals surface area contributed by atoms with Crippen LogP contribution in [0, 0.1) is 19.7 Å². The number of thioether (sulfide) groups is 1. The lowest BCUT2D eigenvalue weighted by atomic mass is 10.1. The fraction of sp³-hybridized carbons (Fsp3) is 0.111. The van der Waals surface area contributed by atoms with Gasteiger partial charge < -0.3 is 0 Å². The van der Waals surface area contributed by atoms with Crippen LogP contribution in [0.4, 0.5) is 10.1 Å². The number of hydrogen-bond acceptors (Lipinski definition) is 3. The number of nitrogens with zero attached hydrogens (tertiary/aromatic N) is 1. The summed E-state index contributed by atoms with van der Waals surface area (Å²) in [6.45, 7) is 3.92. The Bertz CT molecular complexity index is 874. The Morgan fingerprint density at radius 1 is 1.25 bits per heavy atom. The van der Waals surface area contributed by atoms with E-state index in [1.807, 2.05) is 32.0 Å². The van der Waals surface area contributed by atoms with Gasteiger partial charge in [-0.15, -0.1) is 0 Å². The molecule has 1 amide bonds. The van der Waals surface area contributed by atoms with E-state index in [1.165, 1.54) is 23.1 Å². The fourth-order valence-corrected chi connectivity index (χ4v) is 4.00. The van der Waals surface area contributed by atoms with E-state index >= 15 is 0 Å². The molecule has 0 bridgehead atoms. The van der Waals surface area contributed by atoms with Gasteiger partial charge in [0, 0.05) is 5.56 Å². The van der Waals surface area contributed by atoms with Crippen molar-refractivity contribution >= 4 is 57.6 Å². The van der Waals surface area contributed by atoms with Gasteiger partial charge in [0.1, 0.15) is 5.82 Å². The lowest BCUT2D eigenvalue weighted by molar-refractivity contribution is -0.113. The summed E-state index contributed by atoms with van der Waals surface area (Å²) in [5, 5.41) is 0.256. The zero-order valence-electron chi connectivity index (χ0n) is 13.0. The third-order valence-corrected chi connectivity index (χ3v) is 5.29. The Hall–Kier alpha value is -1.69. The summed E-state index contributed by atoms with van der Waals surface area (Å²) in [5.41, 5.74) is 3.00. The summed E-state index contributed by atoms with van der Waals surface area (Å²) < 4.78 is 14.4. The van der Waals surface area contributed by atoms with Crippen molar-refractivity contribution in [3.05, 3.63) is 68.8 Å². The van der Waals surface area contributed by atoms with Crippen molar-refractivity contribution in [2.24, 2.45) is 0 Å². The average Bonchev–Trinajstić information content (AvgIpc) is 2.78. The number of carbonyl (C=O) groups is 1. The topological polar surface area (TPSA) is 20.3 Å². The standard InChI is InChI=1S/C18H13ClFNOS2/c1-10-6-7-15(11(2)8-10)21-17(22)16(24-18(21)23)9-12-13(19)4-3-5-14(12)20/h3-9H,1-2H3/b16-9-. The van der Waals surface area contributed by atoms with Crippen molar-refractivity contribution in [3.63, 3.8) is 0 Å². The highest BCUT2D eigenvalue weighted by atomic mass is 35.5. The Kier molecular flexibility index (Phi) is 4.76. The number of thiocarbonyl (C=S) groups is 1. The van der Waals surface area contributed by atoms with Crippen LogP contribution in [-0.2, 0) is 4.79 Å². The smallest absolute Gasteiger partial charge is 0.268 e. The zero-order chi connectivity index (χ0) is 17.4. The zero-order valence-corrected chi connectivity index (χ0v) is 15.4. The van der Waals surface area contributed by atoms with Crippen LogP contribution in [0.1, 0.15) is 16.7 Å². The number of aryl methyl sites for hydroxylation is 2. The minimum atomic E-state index is -0.473. The van der Waals surface area contributed by atoms with Gasteiger partial charge in [-0.2, -0.15) is 0 Å². The first-order chi connectivity index (χ1) is 11.4. The molecule has 1 aliphatic heterocycles. The van der Waals surface area contributed by atoms with Crippen molar-refractivity contribution in [3.8, 4) is 0 Å². The Morgan fingerprint density at radius 2 is 2.00 bits per heavy atom. The Morgan fingerprint density at radius 3 is 2.67 bits per heavy atom. The summed E-state index contributed by atoms with van der Waals surface area (Å²) in [7, 11) is 0. The number of carbonyl (C=O) groups excluding carboxylic acids is 1. The van der Waals surface area contributed by atoms with Gasteiger partial charge in [-0.25, -0.2) is 4.39 Å². The summed E-state index contributed by atoms with van der Waals surface area (Å²) in [6.07, 6.45) is 1.46. The SMILES string of the molecule is Cc1ccc(N2C(=O)/C(=C/c3c(F)cccc3Cl)SC2=S)c(C)c1. The summed E-state index contributed by atoms with van der Waals surface area (Å²) in [4.78, 5) is 14.6. The van der Waals surface area contributed by atoms with Gasteiger partial charge >= 0.3 is 0 Å². The lowest BCUT2D eigenvalue weighted by Gasteiger charge is -2.17. The quantitative estimate of drug-likeness (QED) is 0.509. The number of benzene rings is 2. The Labute approximate surface area is 154 Å². The molecule has 0 N–H and O–H groups in total. The molecule has 0 spiro atoms. The van der Waals surface area contributed by atoms with Crippen molar-refractivity contribution in [1.29, 1.82) is 0 Å².